The highest BCUT2D eigenvalue weighted by Gasteiger charge is 2.35. The molecule has 4 heterocycles. The molecule has 0 N–H and O–H groups in total. The number of hydrogen-bond donors (Lipinski definition) is 0. The fraction of sp³-hybridized carbons (Fsp3) is 0.294. The number of nitrogens with zero attached hydrogens (tertiary/aromatic N) is 6. The summed E-state index contributed by atoms with van der Waals surface area (Å²) in [6.45, 7) is 4.05. The van der Waals surface area contributed by atoms with Crippen LogP contribution in [0.15, 0.2) is 30.7 Å². The van der Waals surface area contributed by atoms with E-state index in [0.29, 0.717) is 22.9 Å². The van der Waals surface area contributed by atoms with Crippen molar-refractivity contribution in [2.24, 2.45) is 0 Å². The maximum Gasteiger partial charge on any atom is 0.434 e. The van der Waals surface area contributed by atoms with Crippen LogP contribution in [0.2, 0.25) is 5.28 Å². The first kappa shape index (κ1) is 18.9. The summed E-state index contributed by atoms with van der Waals surface area (Å²) in [5.41, 5.74) is -0.298. The summed E-state index contributed by atoms with van der Waals surface area (Å²) in [6, 6.07) is 3.47. The van der Waals surface area contributed by atoms with Crippen LogP contribution in [0.1, 0.15) is 30.5 Å². The van der Waals surface area contributed by atoms with E-state index in [2.05, 4.69) is 20.1 Å². The SMILES string of the molecule is CC(C)n1cc(C(F)(F)F)nc1-c1ccc(Cn2ncc3cnc(Cl)nc32)s1. The molecule has 0 spiro atoms. The second-order valence-electron chi connectivity index (χ2n) is 6.43. The minimum Gasteiger partial charge on any atom is -0.327 e. The monoisotopic (exact) mass is 426 g/mol. The van der Waals surface area contributed by atoms with E-state index in [1.54, 1.807) is 23.1 Å². The van der Waals surface area contributed by atoms with Gasteiger partial charge in [-0.25, -0.2) is 14.6 Å². The molecule has 0 radical (unpaired) electrons. The van der Waals surface area contributed by atoms with Crippen LogP contribution < -0.4 is 0 Å². The average Bonchev–Trinajstić information content (AvgIpc) is 3.32. The Morgan fingerprint density at radius 3 is 2.68 bits per heavy atom. The molecule has 0 bridgehead atoms. The second kappa shape index (κ2) is 6.85. The van der Waals surface area contributed by atoms with Gasteiger partial charge in [0.1, 0.15) is 0 Å². The molecule has 0 atom stereocenters. The molecule has 146 valence electrons. The van der Waals surface area contributed by atoms with Gasteiger partial charge in [0.2, 0.25) is 5.28 Å². The fourth-order valence-electron chi connectivity index (χ4n) is 2.80. The molecule has 0 aliphatic heterocycles. The van der Waals surface area contributed by atoms with E-state index in [9.17, 15) is 13.2 Å². The van der Waals surface area contributed by atoms with E-state index in [1.165, 1.54) is 15.9 Å². The van der Waals surface area contributed by atoms with Crippen LogP contribution in [0.5, 0.6) is 0 Å². The van der Waals surface area contributed by atoms with Crippen LogP contribution in [0.3, 0.4) is 0 Å². The van der Waals surface area contributed by atoms with Crippen LogP contribution in [0, 0.1) is 0 Å². The van der Waals surface area contributed by atoms with Crippen molar-refractivity contribution >= 4 is 34.0 Å². The third-order valence-corrected chi connectivity index (χ3v) is 5.36. The van der Waals surface area contributed by atoms with Crippen molar-refractivity contribution in [3.63, 3.8) is 0 Å². The summed E-state index contributed by atoms with van der Waals surface area (Å²) in [5.74, 6) is 0.300. The molecule has 4 aromatic rings. The molecule has 0 aliphatic rings. The molecular weight excluding hydrogens is 413 g/mol. The van der Waals surface area contributed by atoms with Gasteiger partial charge in [-0.15, -0.1) is 11.3 Å². The predicted molar refractivity (Wildman–Crippen MR) is 100 cm³/mol. The first-order valence-electron chi connectivity index (χ1n) is 8.31. The van der Waals surface area contributed by atoms with Crippen molar-refractivity contribution < 1.29 is 13.2 Å². The average molecular weight is 427 g/mol. The number of alkyl halides is 3. The molecule has 0 saturated heterocycles. The normalized spacial score (nSPS) is 12.4. The van der Waals surface area contributed by atoms with Gasteiger partial charge >= 0.3 is 6.18 Å². The molecule has 0 fully saturated rings. The second-order valence-corrected chi connectivity index (χ2v) is 7.94. The molecule has 0 aromatic carbocycles. The summed E-state index contributed by atoms with van der Waals surface area (Å²) < 4.78 is 42.5. The number of imidazole rings is 1. The lowest BCUT2D eigenvalue weighted by Gasteiger charge is -2.09. The van der Waals surface area contributed by atoms with E-state index in [0.717, 1.165) is 16.5 Å². The largest absolute Gasteiger partial charge is 0.434 e. The summed E-state index contributed by atoms with van der Waals surface area (Å²) in [7, 11) is 0. The number of thiophene rings is 1. The first-order valence-corrected chi connectivity index (χ1v) is 9.51. The van der Waals surface area contributed by atoms with Gasteiger partial charge in [-0.1, -0.05) is 0 Å². The van der Waals surface area contributed by atoms with Crippen molar-refractivity contribution in [3.8, 4) is 10.7 Å². The number of fused-ring (bicyclic) bond motifs is 1. The number of hydrogen-bond acceptors (Lipinski definition) is 5. The van der Waals surface area contributed by atoms with Crippen LogP contribution in [0.4, 0.5) is 13.2 Å². The molecule has 28 heavy (non-hydrogen) atoms. The summed E-state index contributed by atoms with van der Waals surface area (Å²) in [5, 5.41) is 5.17. The lowest BCUT2D eigenvalue weighted by Crippen LogP contribution is -2.05. The van der Waals surface area contributed by atoms with Crippen molar-refractivity contribution in [2.45, 2.75) is 32.6 Å². The van der Waals surface area contributed by atoms with Gasteiger partial charge in [0.05, 0.1) is 23.0 Å². The molecule has 4 rings (SSSR count). The Morgan fingerprint density at radius 2 is 1.96 bits per heavy atom. The van der Waals surface area contributed by atoms with Crippen LogP contribution in [-0.2, 0) is 12.7 Å². The minimum atomic E-state index is -4.48. The lowest BCUT2D eigenvalue weighted by atomic mass is 10.3. The number of rotatable bonds is 4. The molecule has 0 unspecified atom stereocenters. The van der Waals surface area contributed by atoms with E-state index in [-0.39, 0.29) is 11.3 Å². The van der Waals surface area contributed by atoms with Gasteiger partial charge in [-0.3, -0.25) is 0 Å². The van der Waals surface area contributed by atoms with Crippen LogP contribution in [-0.4, -0.2) is 29.3 Å². The highest BCUT2D eigenvalue weighted by atomic mass is 35.5. The number of aromatic nitrogens is 6. The van der Waals surface area contributed by atoms with Crippen molar-refractivity contribution in [3.05, 3.63) is 46.6 Å². The topological polar surface area (TPSA) is 61.4 Å². The van der Waals surface area contributed by atoms with Gasteiger partial charge in [0.25, 0.3) is 0 Å². The quantitative estimate of drug-likeness (QED) is 0.428. The van der Waals surface area contributed by atoms with E-state index < -0.39 is 11.9 Å². The Morgan fingerprint density at radius 1 is 1.18 bits per heavy atom. The van der Waals surface area contributed by atoms with E-state index >= 15 is 0 Å². The van der Waals surface area contributed by atoms with Crippen molar-refractivity contribution in [2.75, 3.05) is 0 Å². The standard InChI is InChI=1S/C17H14ClF3N6S/c1-9(2)26-8-13(17(19,20)21)24-15(26)12-4-3-11(28-12)7-27-14-10(6-23-27)5-22-16(18)25-14/h3-6,8-9H,7H2,1-2H3. The molecule has 0 aliphatic carbocycles. The van der Waals surface area contributed by atoms with Gasteiger partial charge in [-0.2, -0.15) is 23.3 Å². The first-order chi connectivity index (χ1) is 13.2. The molecule has 11 heteroatoms. The Bertz CT molecular complexity index is 1140. The van der Waals surface area contributed by atoms with Crippen molar-refractivity contribution in [1.82, 2.24) is 29.3 Å². The maximum absolute atomic E-state index is 13.1. The van der Waals surface area contributed by atoms with Crippen LogP contribution >= 0.6 is 22.9 Å². The maximum atomic E-state index is 13.1. The lowest BCUT2D eigenvalue weighted by molar-refractivity contribution is -0.140. The Hall–Kier alpha value is -2.46. The molecule has 0 saturated carbocycles. The zero-order valence-corrected chi connectivity index (χ0v) is 16.3. The molecule has 4 aromatic heterocycles. The minimum absolute atomic E-state index is 0.125. The molecule has 0 amide bonds. The third-order valence-electron chi connectivity index (χ3n) is 4.11. The fourth-order valence-corrected chi connectivity index (χ4v) is 3.91. The summed E-state index contributed by atoms with van der Waals surface area (Å²) in [4.78, 5) is 13.5. The van der Waals surface area contributed by atoms with Gasteiger partial charge < -0.3 is 4.57 Å². The Kier molecular flexibility index (Phi) is 4.62. The summed E-state index contributed by atoms with van der Waals surface area (Å²) >= 11 is 7.22. The predicted octanol–water partition coefficient (Wildman–Crippen LogP) is 5.05. The van der Waals surface area contributed by atoms with E-state index in [1.807, 2.05) is 19.9 Å². The molecular formula is C17H14ClF3N6S. The zero-order valence-electron chi connectivity index (χ0n) is 14.8. The van der Waals surface area contributed by atoms with E-state index in [4.69, 9.17) is 11.6 Å². The molecule has 6 nitrogen and oxygen atoms in total. The van der Waals surface area contributed by atoms with Crippen LogP contribution in [0.25, 0.3) is 21.7 Å². The Balaban J connectivity index is 1.68. The Labute approximate surface area is 166 Å². The number of halogens is 4. The zero-order chi connectivity index (χ0) is 20.1. The smallest absolute Gasteiger partial charge is 0.327 e. The van der Waals surface area contributed by atoms with Gasteiger partial charge in [0, 0.05) is 23.3 Å². The third kappa shape index (κ3) is 3.49. The highest BCUT2D eigenvalue weighted by molar-refractivity contribution is 7.15. The van der Waals surface area contributed by atoms with Gasteiger partial charge in [0.15, 0.2) is 17.2 Å². The summed E-state index contributed by atoms with van der Waals surface area (Å²) in [6.07, 6.45) is -0.200. The highest BCUT2D eigenvalue weighted by Crippen LogP contribution is 2.35. The van der Waals surface area contributed by atoms with Crippen molar-refractivity contribution in [1.29, 1.82) is 0 Å². The van der Waals surface area contributed by atoms with Gasteiger partial charge in [-0.05, 0) is 37.6 Å².